The number of nitrogens with zero attached hydrogens (tertiary/aromatic N) is 5. The molecule has 3 rings (SSSR count). The fraction of sp³-hybridized carbons (Fsp3) is 0.375. The first kappa shape index (κ1) is 30.5. The van der Waals surface area contributed by atoms with Crippen LogP contribution in [0.4, 0.5) is 32.2 Å². The molecule has 0 unspecified atom stereocenters. The molecule has 0 aliphatic heterocycles. The van der Waals surface area contributed by atoms with Crippen LogP contribution in [-0.2, 0) is 17.8 Å². The lowest BCUT2D eigenvalue weighted by Crippen LogP contribution is -2.44. The number of imide groups is 1. The molecule has 2 amide bonds. The summed E-state index contributed by atoms with van der Waals surface area (Å²) >= 11 is 6.19. The van der Waals surface area contributed by atoms with E-state index < -0.39 is 53.1 Å². The average Bonchev–Trinajstić information content (AvgIpc) is 3.57. The number of nitrogens with two attached hydrogens (primary N) is 1. The Morgan fingerprint density at radius 3 is 2.42 bits per heavy atom. The second-order valence-corrected chi connectivity index (χ2v) is 9.25. The van der Waals surface area contributed by atoms with Crippen molar-refractivity contribution < 1.29 is 40.7 Å². The Hall–Kier alpha value is -4.06. The molecule has 0 spiro atoms. The van der Waals surface area contributed by atoms with Crippen molar-refractivity contribution >= 4 is 41.0 Å². The largest absolute Gasteiger partial charge is 0.428 e. The Morgan fingerprint density at radius 2 is 1.95 bits per heavy atom. The van der Waals surface area contributed by atoms with Gasteiger partial charge in [0.15, 0.2) is 17.3 Å². The molecule has 1 fully saturated rings. The van der Waals surface area contributed by atoms with E-state index in [2.05, 4.69) is 14.8 Å². The van der Waals surface area contributed by atoms with E-state index in [1.807, 2.05) is 6.07 Å². The Bertz CT molecular complexity index is 1440. The molecule has 1 aliphatic carbocycles. The number of aromatic nitrogens is 2. The molecule has 16 heteroatoms. The highest BCUT2D eigenvalue weighted by molar-refractivity contribution is 6.34. The van der Waals surface area contributed by atoms with Gasteiger partial charge in [0.25, 0.3) is 5.91 Å². The molecule has 0 atom stereocenters. The number of halogens is 7. The van der Waals surface area contributed by atoms with Crippen LogP contribution in [0.25, 0.3) is 5.57 Å². The minimum Gasteiger partial charge on any atom is -0.428 e. The van der Waals surface area contributed by atoms with E-state index in [1.165, 1.54) is 18.2 Å². The molecule has 1 heterocycles. The molecule has 9 nitrogen and oxygen atoms in total. The van der Waals surface area contributed by atoms with E-state index in [-0.39, 0.29) is 41.5 Å². The van der Waals surface area contributed by atoms with E-state index in [9.17, 15) is 41.2 Å². The summed E-state index contributed by atoms with van der Waals surface area (Å²) < 4.78 is 86.6. The first-order valence-corrected chi connectivity index (χ1v) is 11.7. The predicted molar refractivity (Wildman–Crippen MR) is 131 cm³/mol. The van der Waals surface area contributed by atoms with Gasteiger partial charge in [-0.1, -0.05) is 17.7 Å². The number of allylic oxidation sites excluding steroid dienone is 1. The van der Waals surface area contributed by atoms with Gasteiger partial charge in [0, 0.05) is 38.9 Å². The first-order chi connectivity index (χ1) is 18.5. The Kier molecular flexibility index (Phi) is 8.26. The number of hydrogen-bond acceptors (Lipinski definition) is 7. The van der Waals surface area contributed by atoms with Crippen molar-refractivity contribution in [2.45, 2.75) is 50.7 Å². The molecule has 0 bridgehead atoms. The minimum absolute atomic E-state index is 0.0140. The molecular weight excluding hydrogens is 570 g/mol. The fourth-order valence-corrected chi connectivity index (χ4v) is 3.92. The third-order valence-electron chi connectivity index (χ3n) is 5.94. The summed E-state index contributed by atoms with van der Waals surface area (Å²) in [6, 6.07) is 5.82. The summed E-state index contributed by atoms with van der Waals surface area (Å²) in [7, 11) is 0.989. The number of rotatable bonds is 9. The lowest BCUT2D eigenvalue weighted by Gasteiger charge is -2.24. The van der Waals surface area contributed by atoms with Crippen molar-refractivity contribution in [2.75, 3.05) is 0 Å². The number of aryl methyl sites for hydroxylation is 1. The van der Waals surface area contributed by atoms with Gasteiger partial charge in [0.05, 0.1) is 16.7 Å². The van der Waals surface area contributed by atoms with Crippen molar-refractivity contribution in [3.63, 3.8) is 0 Å². The van der Waals surface area contributed by atoms with Crippen LogP contribution in [-0.4, -0.2) is 50.8 Å². The molecule has 0 saturated heterocycles. The zero-order valence-electron chi connectivity index (χ0n) is 21.1. The van der Waals surface area contributed by atoms with Crippen LogP contribution >= 0.6 is 11.6 Å². The van der Waals surface area contributed by atoms with Gasteiger partial charge < -0.3 is 10.5 Å². The number of benzene rings is 1. The van der Waals surface area contributed by atoms with E-state index in [0.717, 1.165) is 31.3 Å². The van der Waals surface area contributed by atoms with Crippen LogP contribution in [0.3, 0.4) is 0 Å². The van der Waals surface area contributed by atoms with E-state index in [1.54, 1.807) is 0 Å². The van der Waals surface area contributed by atoms with Gasteiger partial charge in [-0.05, 0) is 30.5 Å². The number of hydrogen-bond donors (Lipinski definition) is 1. The molecule has 1 saturated carbocycles. The van der Waals surface area contributed by atoms with Crippen LogP contribution < -0.4 is 10.5 Å². The maximum Gasteiger partial charge on any atom is 0.387 e. The molecular formula is C24H21ClF6N6O3. The topological polar surface area (TPSA) is 127 Å². The first-order valence-electron chi connectivity index (χ1n) is 11.3. The Balaban J connectivity index is 2.05. The van der Waals surface area contributed by atoms with Crippen molar-refractivity contribution in [3.8, 4) is 11.8 Å². The number of carbonyl (C=O) groups excluding carboxylic acids is 2. The molecule has 0 radical (unpaired) electrons. The molecule has 40 heavy (non-hydrogen) atoms. The molecule has 214 valence electrons. The van der Waals surface area contributed by atoms with Crippen molar-refractivity contribution in [1.82, 2.24) is 14.7 Å². The van der Waals surface area contributed by atoms with E-state index >= 15 is 0 Å². The normalized spacial score (nSPS) is 15.3. The maximum absolute atomic E-state index is 14.4. The highest BCUT2D eigenvalue weighted by Gasteiger charge is 2.58. The summed E-state index contributed by atoms with van der Waals surface area (Å²) in [5, 5.41) is 12.6. The third-order valence-corrected chi connectivity index (χ3v) is 6.27. The van der Waals surface area contributed by atoms with Gasteiger partial charge in [-0.15, -0.1) is 0 Å². The van der Waals surface area contributed by atoms with Crippen LogP contribution in [0.1, 0.15) is 48.3 Å². The average molecular weight is 591 g/mol. The number of nitriles is 1. The van der Waals surface area contributed by atoms with Crippen LogP contribution in [0.5, 0.6) is 5.75 Å². The van der Waals surface area contributed by atoms with Crippen molar-refractivity contribution in [1.29, 1.82) is 5.26 Å². The quantitative estimate of drug-likeness (QED) is 0.317. The molecule has 2 N–H and O–H groups in total. The highest BCUT2D eigenvalue weighted by Crippen LogP contribution is 2.48. The number of amides is 2. The van der Waals surface area contributed by atoms with Gasteiger partial charge in [-0.2, -0.15) is 36.7 Å². The third kappa shape index (κ3) is 5.62. The SMILES string of the molecule is CC(=O)N(C(=O)c1cc(C(C=Nc2c(OC(F)F)c(C(F)(F)C(C)(F)F)nn2C)=CN)ccc1Cl)C1(C#N)CC1. The fourth-order valence-electron chi connectivity index (χ4n) is 3.72. The van der Waals surface area contributed by atoms with Gasteiger partial charge >= 0.3 is 18.5 Å². The van der Waals surface area contributed by atoms with Gasteiger partial charge in [0.1, 0.15) is 5.54 Å². The summed E-state index contributed by atoms with van der Waals surface area (Å²) in [6.45, 7) is -2.68. The summed E-state index contributed by atoms with van der Waals surface area (Å²) in [4.78, 5) is 30.0. The molecule has 1 aromatic heterocycles. The summed E-state index contributed by atoms with van der Waals surface area (Å²) in [5.74, 6) is -13.4. The summed E-state index contributed by atoms with van der Waals surface area (Å²) in [6.07, 6.45) is 2.43. The maximum atomic E-state index is 14.4. The zero-order valence-corrected chi connectivity index (χ0v) is 21.8. The van der Waals surface area contributed by atoms with Crippen molar-refractivity contribution in [2.24, 2.45) is 17.8 Å². The molecule has 1 aromatic carbocycles. The lowest BCUT2D eigenvalue weighted by molar-refractivity contribution is -0.208. The lowest BCUT2D eigenvalue weighted by atomic mass is 10.0. The molecule has 2 aromatic rings. The van der Waals surface area contributed by atoms with Gasteiger partial charge in [-0.25, -0.2) is 9.67 Å². The number of ether oxygens (including phenoxy) is 1. The molecule has 1 aliphatic rings. The summed E-state index contributed by atoms with van der Waals surface area (Å²) in [5.41, 5.74) is 2.55. The zero-order chi connectivity index (χ0) is 30.2. The number of carbonyl (C=O) groups is 2. The monoisotopic (exact) mass is 590 g/mol. The van der Waals surface area contributed by atoms with E-state index in [0.29, 0.717) is 4.68 Å². The second-order valence-electron chi connectivity index (χ2n) is 8.84. The smallest absolute Gasteiger partial charge is 0.387 e. The van der Waals surface area contributed by atoms with Gasteiger partial charge in [-0.3, -0.25) is 14.5 Å². The second kappa shape index (κ2) is 10.8. The Morgan fingerprint density at radius 1 is 1.32 bits per heavy atom. The van der Waals surface area contributed by atoms with Crippen molar-refractivity contribution in [3.05, 3.63) is 46.2 Å². The standard InChI is InChI=1S/C24H21ClF6N6O3/c1-12(38)37(23(11-33)6-7-23)20(39)15-8-13(4-5-16(15)25)14(9-32)10-34-19-17(40-21(26)27)18(35-36(19)3)24(30,31)22(2,28)29/h4-5,8-10,21H,6-7,32H2,1-3H3. The minimum atomic E-state index is -4.99. The Labute approximate surface area is 228 Å². The van der Waals surface area contributed by atoms with Crippen LogP contribution in [0, 0.1) is 11.3 Å². The van der Waals surface area contributed by atoms with Gasteiger partial charge in [0.2, 0.25) is 5.91 Å². The van der Waals surface area contributed by atoms with E-state index in [4.69, 9.17) is 17.3 Å². The number of aliphatic imine (C=N–C) groups is 1. The number of alkyl halides is 6. The van der Waals surface area contributed by atoms with Crippen LogP contribution in [0.15, 0.2) is 29.4 Å². The van der Waals surface area contributed by atoms with Crippen LogP contribution in [0.2, 0.25) is 5.02 Å². The predicted octanol–water partition coefficient (Wildman–Crippen LogP) is 5.17. The highest BCUT2D eigenvalue weighted by atomic mass is 35.5.